The van der Waals surface area contributed by atoms with Gasteiger partial charge in [0.25, 0.3) is 0 Å². The van der Waals surface area contributed by atoms with E-state index < -0.39 is 11.9 Å². The number of pyridine rings is 2. The molecule has 0 aliphatic carbocycles. The van der Waals surface area contributed by atoms with E-state index in [2.05, 4.69) is 31.0 Å². The van der Waals surface area contributed by atoms with Crippen LogP contribution in [0.5, 0.6) is 0 Å². The standard InChI is InChI=1S/C15H9BrF3N5/c1-23-10-7-20-11(15(17,18)19)6-8(10)21-14(23)13-12(16)9-4-2-3-5-24(9)22-13/h2-7H,1H3. The second kappa shape index (κ2) is 5.04. The largest absolute Gasteiger partial charge is 0.433 e. The van der Waals surface area contributed by atoms with Crippen molar-refractivity contribution in [3.8, 4) is 11.5 Å². The molecule has 4 aromatic heterocycles. The number of rotatable bonds is 1. The Morgan fingerprint density at radius 3 is 2.67 bits per heavy atom. The van der Waals surface area contributed by atoms with Crippen molar-refractivity contribution in [2.24, 2.45) is 7.05 Å². The lowest BCUT2D eigenvalue weighted by atomic mass is 10.3. The van der Waals surface area contributed by atoms with E-state index in [-0.39, 0.29) is 5.52 Å². The number of hydrogen-bond acceptors (Lipinski definition) is 3. The van der Waals surface area contributed by atoms with Gasteiger partial charge in [-0.2, -0.15) is 18.3 Å². The molecule has 9 heteroatoms. The number of aryl methyl sites for hydroxylation is 1. The van der Waals surface area contributed by atoms with Crippen molar-refractivity contribution in [3.63, 3.8) is 0 Å². The lowest BCUT2D eigenvalue weighted by Gasteiger charge is -2.04. The lowest BCUT2D eigenvalue weighted by Crippen LogP contribution is -2.07. The predicted octanol–water partition coefficient (Wildman–Crippen LogP) is 4.06. The maximum atomic E-state index is 12.8. The normalized spacial score (nSPS) is 12.4. The number of aromatic nitrogens is 5. The smallest absolute Gasteiger partial charge is 0.324 e. The second-order valence-corrected chi connectivity index (χ2v) is 6.04. The van der Waals surface area contributed by atoms with Gasteiger partial charge in [0.1, 0.15) is 11.4 Å². The van der Waals surface area contributed by atoms with Crippen LogP contribution in [-0.4, -0.2) is 24.1 Å². The third-order valence-electron chi connectivity index (χ3n) is 3.75. The summed E-state index contributed by atoms with van der Waals surface area (Å²) in [5, 5.41) is 4.45. The van der Waals surface area contributed by atoms with Gasteiger partial charge < -0.3 is 4.57 Å². The molecule has 0 bridgehead atoms. The molecule has 0 saturated heterocycles. The summed E-state index contributed by atoms with van der Waals surface area (Å²) in [5.74, 6) is 0.460. The van der Waals surface area contributed by atoms with Crippen molar-refractivity contribution >= 4 is 32.5 Å². The molecule has 0 fully saturated rings. The fourth-order valence-electron chi connectivity index (χ4n) is 2.57. The Kier molecular flexibility index (Phi) is 3.17. The Morgan fingerprint density at radius 1 is 1.17 bits per heavy atom. The van der Waals surface area contributed by atoms with Crippen LogP contribution >= 0.6 is 15.9 Å². The molecule has 122 valence electrons. The average Bonchev–Trinajstić information content (AvgIpc) is 3.04. The first kappa shape index (κ1) is 15.1. The monoisotopic (exact) mass is 395 g/mol. The van der Waals surface area contributed by atoms with E-state index in [9.17, 15) is 13.2 Å². The van der Waals surface area contributed by atoms with Crippen LogP contribution in [-0.2, 0) is 13.2 Å². The maximum Gasteiger partial charge on any atom is 0.433 e. The summed E-state index contributed by atoms with van der Waals surface area (Å²) in [4.78, 5) is 7.82. The second-order valence-electron chi connectivity index (χ2n) is 5.24. The quantitative estimate of drug-likeness (QED) is 0.488. The van der Waals surface area contributed by atoms with E-state index in [1.54, 1.807) is 22.3 Å². The molecule has 4 heterocycles. The van der Waals surface area contributed by atoms with Crippen LogP contribution in [0.3, 0.4) is 0 Å². The highest BCUT2D eigenvalue weighted by Gasteiger charge is 2.33. The summed E-state index contributed by atoms with van der Waals surface area (Å²) in [6, 6.07) is 6.54. The van der Waals surface area contributed by atoms with E-state index in [0.29, 0.717) is 17.0 Å². The van der Waals surface area contributed by atoms with Crippen molar-refractivity contribution in [2.75, 3.05) is 0 Å². The van der Waals surface area contributed by atoms with Gasteiger partial charge in [-0.25, -0.2) is 14.5 Å². The first-order valence-corrected chi connectivity index (χ1v) is 7.68. The van der Waals surface area contributed by atoms with Crippen molar-refractivity contribution < 1.29 is 13.2 Å². The van der Waals surface area contributed by atoms with Crippen LogP contribution in [0.15, 0.2) is 41.1 Å². The zero-order valence-electron chi connectivity index (χ0n) is 12.2. The van der Waals surface area contributed by atoms with Crippen LogP contribution in [0, 0.1) is 0 Å². The molecule has 0 aliphatic heterocycles. The van der Waals surface area contributed by atoms with Crippen LogP contribution < -0.4 is 0 Å². The predicted molar refractivity (Wildman–Crippen MR) is 85.4 cm³/mol. The molecule has 0 N–H and O–H groups in total. The van der Waals surface area contributed by atoms with Gasteiger partial charge in [-0.1, -0.05) is 6.07 Å². The van der Waals surface area contributed by atoms with Gasteiger partial charge in [-0.3, -0.25) is 0 Å². The van der Waals surface area contributed by atoms with Crippen LogP contribution in [0.2, 0.25) is 0 Å². The molecule has 4 rings (SSSR count). The van der Waals surface area contributed by atoms with E-state index >= 15 is 0 Å². The van der Waals surface area contributed by atoms with Crippen molar-refractivity contribution in [2.45, 2.75) is 6.18 Å². The van der Waals surface area contributed by atoms with Gasteiger partial charge in [-0.05, 0) is 34.1 Å². The Morgan fingerprint density at radius 2 is 1.96 bits per heavy atom. The fraction of sp³-hybridized carbons (Fsp3) is 0.133. The number of fused-ring (bicyclic) bond motifs is 2. The first-order valence-electron chi connectivity index (χ1n) is 6.89. The van der Waals surface area contributed by atoms with Crippen molar-refractivity contribution in [1.29, 1.82) is 0 Å². The molecule has 24 heavy (non-hydrogen) atoms. The molecule has 0 amide bonds. The Bertz CT molecular complexity index is 1080. The minimum absolute atomic E-state index is 0.221. The molecule has 0 aromatic carbocycles. The minimum atomic E-state index is -4.50. The molecule has 5 nitrogen and oxygen atoms in total. The highest BCUT2D eigenvalue weighted by molar-refractivity contribution is 9.10. The summed E-state index contributed by atoms with van der Waals surface area (Å²) < 4.78 is 42.6. The zero-order chi connectivity index (χ0) is 17.1. The molecule has 0 saturated carbocycles. The van der Waals surface area contributed by atoms with Gasteiger partial charge in [0, 0.05) is 13.2 Å². The van der Waals surface area contributed by atoms with Crippen LogP contribution in [0.4, 0.5) is 13.2 Å². The van der Waals surface area contributed by atoms with E-state index in [4.69, 9.17) is 0 Å². The highest BCUT2D eigenvalue weighted by Crippen LogP contribution is 2.33. The third-order valence-corrected chi connectivity index (χ3v) is 4.53. The average molecular weight is 396 g/mol. The highest BCUT2D eigenvalue weighted by atomic mass is 79.9. The van der Waals surface area contributed by atoms with E-state index in [1.165, 1.54) is 6.20 Å². The van der Waals surface area contributed by atoms with Gasteiger partial charge in [0.15, 0.2) is 5.82 Å². The van der Waals surface area contributed by atoms with Gasteiger partial charge in [0.05, 0.1) is 27.2 Å². The molecular formula is C15H9BrF3N5. The zero-order valence-corrected chi connectivity index (χ0v) is 13.8. The summed E-state index contributed by atoms with van der Waals surface area (Å²) in [5.41, 5.74) is 1.15. The summed E-state index contributed by atoms with van der Waals surface area (Å²) >= 11 is 3.49. The molecule has 0 atom stereocenters. The first-order chi connectivity index (χ1) is 11.4. The topological polar surface area (TPSA) is 48.0 Å². The summed E-state index contributed by atoms with van der Waals surface area (Å²) in [6.07, 6.45) is -1.54. The van der Waals surface area contributed by atoms with Crippen LogP contribution in [0.1, 0.15) is 5.69 Å². The number of hydrogen-bond donors (Lipinski definition) is 0. The summed E-state index contributed by atoms with van der Waals surface area (Å²) in [6.45, 7) is 0. The number of halogens is 4. The maximum absolute atomic E-state index is 12.8. The molecular weight excluding hydrogens is 387 g/mol. The number of alkyl halides is 3. The number of imidazole rings is 1. The van der Waals surface area contributed by atoms with Gasteiger partial charge in [0.2, 0.25) is 0 Å². The lowest BCUT2D eigenvalue weighted by molar-refractivity contribution is -0.141. The van der Waals surface area contributed by atoms with Crippen LogP contribution in [0.25, 0.3) is 28.1 Å². The molecule has 4 aromatic rings. The number of nitrogens with zero attached hydrogens (tertiary/aromatic N) is 5. The van der Waals surface area contributed by atoms with Crippen molar-refractivity contribution in [3.05, 3.63) is 46.8 Å². The third kappa shape index (κ3) is 2.19. The molecule has 0 radical (unpaired) electrons. The fourth-order valence-corrected chi connectivity index (χ4v) is 3.14. The Hall–Kier alpha value is -2.42. The van der Waals surface area contributed by atoms with E-state index in [0.717, 1.165) is 16.1 Å². The van der Waals surface area contributed by atoms with Gasteiger partial charge >= 0.3 is 6.18 Å². The molecule has 0 unspecified atom stereocenters. The van der Waals surface area contributed by atoms with Gasteiger partial charge in [-0.15, -0.1) is 0 Å². The summed E-state index contributed by atoms with van der Waals surface area (Å²) in [7, 11) is 1.72. The van der Waals surface area contributed by atoms with E-state index in [1.807, 2.05) is 18.2 Å². The SMILES string of the molecule is Cn1c(-c2nn3ccccc3c2Br)nc2cc(C(F)(F)F)ncc21. The molecule has 0 aliphatic rings. The Labute approximate surface area is 141 Å². The molecule has 0 spiro atoms. The minimum Gasteiger partial charge on any atom is -0.324 e. The van der Waals surface area contributed by atoms with Crippen molar-refractivity contribution in [1.82, 2.24) is 24.1 Å². The Balaban J connectivity index is 1.96.